The molecule has 0 aliphatic carbocycles. The summed E-state index contributed by atoms with van der Waals surface area (Å²) >= 11 is 5.99. The van der Waals surface area contributed by atoms with E-state index >= 15 is 0 Å². The third-order valence-electron chi connectivity index (χ3n) is 7.19. The van der Waals surface area contributed by atoms with Crippen LogP contribution in [0.3, 0.4) is 0 Å². The van der Waals surface area contributed by atoms with Gasteiger partial charge in [-0.05, 0) is 54.5 Å². The zero-order valence-electron chi connectivity index (χ0n) is 22.9. The smallest absolute Gasteiger partial charge is 0.407 e. The Hall–Kier alpha value is -3.39. The summed E-state index contributed by atoms with van der Waals surface area (Å²) in [4.78, 5) is 25.8. The average Bonchev–Trinajstić information content (AvgIpc) is 3.00. The zero-order valence-corrected chi connectivity index (χ0v) is 23.6. The van der Waals surface area contributed by atoms with Crippen molar-refractivity contribution in [1.82, 2.24) is 16.0 Å². The van der Waals surface area contributed by atoms with Crippen LogP contribution in [0.15, 0.2) is 84.9 Å². The first kappa shape index (κ1) is 29.6. The number of benzene rings is 3. The molecule has 1 heterocycles. The predicted molar refractivity (Wildman–Crippen MR) is 158 cm³/mol. The van der Waals surface area contributed by atoms with Crippen LogP contribution in [0.25, 0.3) is 0 Å². The van der Waals surface area contributed by atoms with Crippen LogP contribution in [-0.4, -0.2) is 57.0 Å². The number of amides is 2. The number of rotatable bonds is 12. The Kier molecular flexibility index (Phi) is 11.4. The minimum absolute atomic E-state index is 0.0891. The molecule has 3 atom stereocenters. The fourth-order valence-corrected chi connectivity index (χ4v) is 5.25. The number of carbonyl (C=O) groups excluding carboxylic acids is 2. The van der Waals surface area contributed by atoms with Crippen LogP contribution in [0, 0.1) is 0 Å². The second kappa shape index (κ2) is 15.4. The van der Waals surface area contributed by atoms with Crippen LogP contribution >= 0.6 is 11.6 Å². The van der Waals surface area contributed by atoms with Gasteiger partial charge >= 0.3 is 6.09 Å². The monoisotopic (exact) mass is 563 g/mol. The Morgan fingerprint density at radius 1 is 0.925 bits per heavy atom. The molecule has 1 unspecified atom stereocenters. The van der Waals surface area contributed by atoms with Crippen LogP contribution in [0.1, 0.15) is 41.9 Å². The summed E-state index contributed by atoms with van der Waals surface area (Å²) in [5, 5.41) is 10.0. The first-order valence-electron chi connectivity index (χ1n) is 13.9. The van der Waals surface area contributed by atoms with Crippen molar-refractivity contribution in [2.24, 2.45) is 0 Å². The van der Waals surface area contributed by atoms with Crippen molar-refractivity contribution >= 4 is 23.6 Å². The van der Waals surface area contributed by atoms with Gasteiger partial charge in [-0.3, -0.25) is 4.79 Å². The Labute approximate surface area is 241 Å². The van der Waals surface area contributed by atoms with Crippen LogP contribution in [-0.2, 0) is 20.7 Å². The molecule has 1 saturated heterocycles. The summed E-state index contributed by atoms with van der Waals surface area (Å²) in [7, 11) is 1.30. The largest absolute Gasteiger partial charge is 0.453 e. The van der Waals surface area contributed by atoms with Gasteiger partial charge in [0.25, 0.3) is 0 Å². The highest BCUT2D eigenvalue weighted by molar-refractivity contribution is 6.30. The predicted octanol–water partition coefficient (Wildman–Crippen LogP) is 5.08. The van der Waals surface area contributed by atoms with Crippen LogP contribution in [0.2, 0.25) is 5.02 Å². The van der Waals surface area contributed by atoms with E-state index in [9.17, 15) is 9.59 Å². The van der Waals surface area contributed by atoms with Gasteiger partial charge < -0.3 is 25.4 Å². The van der Waals surface area contributed by atoms with Crippen molar-refractivity contribution in [2.75, 3.05) is 26.7 Å². The number of nitrogens with one attached hydrogen (secondary N) is 3. The van der Waals surface area contributed by atoms with Crippen molar-refractivity contribution in [1.29, 1.82) is 0 Å². The maximum absolute atomic E-state index is 13.5. The van der Waals surface area contributed by atoms with E-state index in [0.29, 0.717) is 6.54 Å². The van der Waals surface area contributed by atoms with E-state index in [1.54, 1.807) is 0 Å². The molecule has 0 radical (unpaired) electrons. The summed E-state index contributed by atoms with van der Waals surface area (Å²) < 4.78 is 11.2. The van der Waals surface area contributed by atoms with Crippen molar-refractivity contribution in [3.05, 3.63) is 107 Å². The highest BCUT2D eigenvalue weighted by Crippen LogP contribution is 2.28. The highest BCUT2D eigenvalue weighted by atomic mass is 35.5. The first-order chi connectivity index (χ1) is 19.5. The number of ether oxygens (including phenoxy) is 2. The molecule has 0 spiro atoms. The Balaban J connectivity index is 1.32. The van der Waals surface area contributed by atoms with Crippen molar-refractivity contribution in [2.45, 2.75) is 49.9 Å². The number of methoxy groups -OCH3 is 1. The number of carbonyl (C=O) groups is 2. The average molecular weight is 564 g/mol. The van der Waals surface area contributed by atoms with E-state index in [1.807, 2.05) is 72.8 Å². The molecule has 212 valence electrons. The van der Waals surface area contributed by atoms with Crippen molar-refractivity contribution < 1.29 is 19.1 Å². The second-order valence-electron chi connectivity index (χ2n) is 10.0. The zero-order chi connectivity index (χ0) is 28.2. The SMILES string of the molecule is COC(=O)N[C@H](C(=O)NCCCC1CNC[C@@H](CCc2ccc(Cl)cc2)O1)C(c1ccccc1)c1ccccc1. The van der Waals surface area contributed by atoms with E-state index in [4.69, 9.17) is 21.1 Å². The minimum atomic E-state index is -0.845. The number of hydrogen-bond acceptors (Lipinski definition) is 5. The van der Waals surface area contributed by atoms with Crippen molar-refractivity contribution in [3.8, 4) is 0 Å². The van der Waals surface area contributed by atoms with Gasteiger partial charge in [-0.1, -0.05) is 84.4 Å². The number of halogens is 1. The van der Waals surface area contributed by atoms with Gasteiger partial charge in [0.1, 0.15) is 6.04 Å². The molecule has 40 heavy (non-hydrogen) atoms. The van der Waals surface area contributed by atoms with Gasteiger partial charge in [-0.15, -0.1) is 0 Å². The normalized spacial score (nSPS) is 17.7. The molecule has 7 nitrogen and oxygen atoms in total. The molecule has 0 saturated carbocycles. The molecule has 2 amide bonds. The fourth-order valence-electron chi connectivity index (χ4n) is 5.13. The molecule has 8 heteroatoms. The molecule has 0 bridgehead atoms. The lowest BCUT2D eigenvalue weighted by Gasteiger charge is -2.31. The van der Waals surface area contributed by atoms with E-state index in [2.05, 4.69) is 28.1 Å². The van der Waals surface area contributed by atoms with Crippen molar-refractivity contribution in [3.63, 3.8) is 0 Å². The number of aryl methyl sites for hydroxylation is 1. The van der Waals surface area contributed by atoms with E-state index in [1.165, 1.54) is 12.7 Å². The van der Waals surface area contributed by atoms with Gasteiger partial charge in [-0.2, -0.15) is 0 Å². The van der Waals surface area contributed by atoms with Gasteiger partial charge in [0, 0.05) is 30.6 Å². The summed E-state index contributed by atoms with van der Waals surface area (Å²) in [6, 6.07) is 26.5. The topological polar surface area (TPSA) is 88.7 Å². The molecule has 3 aromatic carbocycles. The summed E-state index contributed by atoms with van der Waals surface area (Å²) in [5.74, 6) is -0.639. The lowest BCUT2D eigenvalue weighted by atomic mass is 9.84. The standard InChI is InChI=1S/C32H38ClN3O4/c1-39-32(38)36-30(29(24-9-4-2-5-10-24)25-11-6-3-7-12-25)31(37)35-20-8-13-27-21-34-22-28(40-27)19-16-23-14-17-26(33)18-15-23/h2-7,9-12,14-15,17-18,27-30,34H,8,13,16,19-22H2,1H3,(H,35,37)(H,36,38)/t27?,28-,30+/m1/s1. The van der Waals surface area contributed by atoms with E-state index in [-0.39, 0.29) is 24.0 Å². The maximum atomic E-state index is 13.5. The van der Waals surface area contributed by atoms with E-state index < -0.39 is 12.1 Å². The lowest BCUT2D eigenvalue weighted by Crippen LogP contribution is -2.50. The fraction of sp³-hybridized carbons (Fsp3) is 0.375. The molecule has 4 rings (SSSR count). The maximum Gasteiger partial charge on any atom is 0.407 e. The third-order valence-corrected chi connectivity index (χ3v) is 7.44. The Bertz CT molecular complexity index is 1150. The highest BCUT2D eigenvalue weighted by Gasteiger charge is 2.32. The molecule has 1 aliphatic rings. The number of morpholine rings is 1. The summed E-state index contributed by atoms with van der Waals surface area (Å²) in [5.41, 5.74) is 3.10. The Morgan fingerprint density at radius 2 is 1.52 bits per heavy atom. The third kappa shape index (κ3) is 8.81. The van der Waals surface area contributed by atoms with Gasteiger partial charge in [-0.25, -0.2) is 4.79 Å². The minimum Gasteiger partial charge on any atom is -0.453 e. The number of hydrogen-bond donors (Lipinski definition) is 3. The quantitative estimate of drug-likeness (QED) is 0.267. The molecular weight excluding hydrogens is 526 g/mol. The molecule has 0 aromatic heterocycles. The van der Waals surface area contributed by atoms with Gasteiger partial charge in [0.2, 0.25) is 5.91 Å². The molecule has 3 N–H and O–H groups in total. The summed E-state index contributed by atoms with van der Waals surface area (Å²) in [6.07, 6.45) is 3.04. The summed E-state index contributed by atoms with van der Waals surface area (Å²) in [6.45, 7) is 2.11. The van der Waals surface area contributed by atoms with Gasteiger partial charge in [0.15, 0.2) is 0 Å². The second-order valence-corrected chi connectivity index (χ2v) is 10.5. The molecule has 3 aromatic rings. The van der Waals surface area contributed by atoms with E-state index in [0.717, 1.165) is 54.9 Å². The van der Waals surface area contributed by atoms with Crippen LogP contribution in [0.4, 0.5) is 4.79 Å². The molecular formula is C32H38ClN3O4. The van der Waals surface area contributed by atoms with Crippen LogP contribution in [0.5, 0.6) is 0 Å². The van der Waals surface area contributed by atoms with Gasteiger partial charge in [0.05, 0.1) is 19.3 Å². The Morgan fingerprint density at radius 3 is 2.12 bits per heavy atom. The lowest BCUT2D eigenvalue weighted by molar-refractivity contribution is -0.123. The molecule has 1 aliphatic heterocycles. The first-order valence-corrected chi connectivity index (χ1v) is 14.2. The number of alkyl carbamates (subject to hydrolysis) is 1. The van der Waals surface area contributed by atoms with Crippen LogP contribution < -0.4 is 16.0 Å². The molecule has 1 fully saturated rings.